The molecule has 0 spiro atoms. The molecule has 0 amide bonds. The zero-order valence-electron chi connectivity index (χ0n) is 35.5. The standard InChI is InChI=1S/C45H79O11P/c1-4-5-24-31-40(46)32-26-21-18-19-22-27-33-42(47)43(48)34-29-36-45(50)56-41(38-55-57(51,52)53)37-54-44(49)35-28-23-17-15-13-11-9-7-6-8-10-12-14-16-20-25-30-39(2)3/h5,18-19,21-22,24,26-27,32-33,39-43,46-48H,4,6-17,20,23,25,28-31,34-38H2,1-3H3,(H2,51,52,53)/b21-18+,22-19-,24-5-,32-26+,33-27-/t40-,41+,42+,43+/m0/s1. The third kappa shape index (κ3) is 40.2. The molecule has 5 N–H and O–H groups in total. The SMILES string of the molecule is CC/C=C\C[C@H](O)/C=C/C=C/C=C\C=C/[C@@H](O)[C@H](O)CCCC(=O)O[C@H](COC(=O)CCCCCCCCCCCCCCCCCCC(C)C)COP(=O)(O)O. The Bertz CT molecular complexity index is 1170. The number of phosphoric acid groups is 1. The van der Waals surface area contributed by atoms with E-state index >= 15 is 0 Å². The van der Waals surface area contributed by atoms with E-state index in [9.17, 15) is 29.5 Å². The monoisotopic (exact) mass is 827 g/mol. The minimum atomic E-state index is -4.86. The number of hydrogen-bond donors (Lipinski definition) is 5. The summed E-state index contributed by atoms with van der Waals surface area (Å²) in [6.07, 6.45) is 36.1. The molecule has 0 aromatic carbocycles. The summed E-state index contributed by atoms with van der Waals surface area (Å²) in [5.74, 6) is -0.390. The quantitative estimate of drug-likeness (QED) is 0.0131. The first-order valence-corrected chi connectivity index (χ1v) is 23.3. The molecular weight excluding hydrogens is 747 g/mol. The number of ether oxygens (including phenoxy) is 2. The Kier molecular flexibility index (Phi) is 36.3. The Morgan fingerprint density at radius 3 is 1.61 bits per heavy atom. The van der Waals surface area contributed by atoms with Gasteiger partial charge < -0.3 is 34.6 Å². The summed E-state index contributed by atoms with van der Waals surface area (Å²) < 4.78 is 26.2. The highest BCUT2D eigenvalue weighted by molar-refractivity contribution is 7.46. The predicted molar refractivity (Wildman–Crippen MR) is 229 cm³/mol. The zero-order chi connectivity index (χ0) is 42.4. The molecule has 330 valence electrons. The molecule has 0 aliphatic rings. The Balaban J connectivity index is 4.20. The molecule has 4 atom stereocenters. The van der Waals surface area contributed by atoms with E-state index in [0.29, 0.717) is 12.8 Å². The van der Waals surface area contributed by atoms with Crippen LogP contribution in [-0.2, 0) is 28.2 Å². The van der Waals surface area contributed by atoms with Crippen LogP contribution in [0.2, 0.25) is 0 Å². The molecular formula is C45H79O11P. The minimum Gasteiger partial charge on any atom is -0.462 e. The summed E-state index contributed by atoms with van der Waals surface area (Å²) >= 11 is 0. The average Bonchev–Trinajstić information content (AvgIpc) is 3.15. The van der Waals surface area contributed by atoms with E-state index < -0.39 is 57.4 Å². The molecule has 57 heavy (non-hydrogen) atoms. The number of allylic oxidation sites excluding steroid dienone is 7. The number of carbonyl (C=O) groups is 2. The van der Waals surface area contributed by atoms with Crippen molar-refractivity contribution in [2.24, 2.45) is 5.92 Å². The minimum absolute atomic E-state index is 0.0858. The summed E-state index contributed by atoms with van der Waals surface area (Å²) in [4.78, 5) is 42.9. The number of hydrogen-bond acceptors (Lipinski definition) is 9. The molecule has 0 aliphatic carbocycles. The van der Waals surface area contributed by atoms with Gasteiger partial charge in [0.15, 0.2) is 6.10 Å². The van der Waals surface area contributed by atoms with Crippen molar-refractivity contribution in [1.82, 2.24) is 0 Å². The van der Waals surface area contributed by atoms with E-state index in [0.717, 1.165) is 31.6 Å². The van der Waals surface area contributed by atoms with Crippen molar-refractivity contribution in [3.63, 3.8) is 0 Å². The molecule has 0 heterocycles. The van der Waals surface area contributed by atoms with Crippen LogP contribution in [0.15, 0.2) is 60.8 Å². The van der Waals surface area contributed by atoms with Crippen LogP contribution in [0.3, 0.4) is 0 Å². The fraction of sp³-hybridized carbons (Fsp3) is 0.733. The van der Waals surface area contributed by atoms with Gasteiger partial charge in [0.2, 0.25) is 0 Å². The number of aliphatic hydroxyl groups is 3. The lowest BCUT2D eigenvalue weighted by atomic mass is 10.0. The van der Waals surface area contributed by atoms with Gasteiger partial charge >= 0.3 is 19.8 Å². The molecule has 0 radical (unpaired) electrons. The highest BCUT2D eigenvalue weighted by Crippen LogP contribution is 2.36. The summed E-state index contributed by atoms with van der Waals surface area (Å²) in [7, 11) is -4.86. The van der Waals surface area contributed by atoms with Crippen LogP contribution in [-0.4, -0.2) is 74.7 Å². The predicted octanol–water partition coefficient (Wildman–Crippen LogP) is 10.1. The molecule has 0 aromatic rings. The molecule has 11 nitrogen and oxygen atoms in total. The second kappa shape index (κ2) is 37.9. The average molecular weight is 827 g/mol. The third-order valence-corrected chi connectivity index (χ3v) is 9.81. The smallest absolute Gasteiger partial charge is 0.462 e. The Morgan fingerprint density at radius 2 is 1.09 bits per heavy atom. The van der Waals surface area contributed by atoms with Crippen LogP contribution in [0.5, 0.6) is 0 Å². The maximum absolute atomic E-state index is 12.4. The fourth-order valence-corrected chi connectivity index (χ4v) is 6.32. The van der Waals surface area contributed by atoms with Gasteiger partial charge in [0.25, 0.3) is 0 Å². The normalized spacial score (nSPS) is 14.8. The van der Waals surface area contributed by atoms with Crippen LogP contribution in [0.25, 0.3) is 0 Å². The number of rotatable bonds is 38. The van der Waals surface area contributed by atoms with Crippen LogP contribution < -0.4 is 0 Å². The van der Waals surface area contributed by atoms with E-state index in [2.05, 4.69) is 18.4 Å². The highest BCUT2D eigenvalue weighted by Gasteiger charge is 2.23. The molecule has 0 fully saturated rings. The summed E-state index contributed by atoms with van der Waals surface area (Å²) in [6, 6.07) is 0. The molecule has 0 saturated carbocycles. The van der Waals surface area contributed by atoms with E-state index in [1.54, 1.807) is 42.5 Å². The first-order chi connectivity index (χ1) is 27.3. The fourth-order valence-electron chi connectivity index (χ4n) is 5.96. The van der Waals surface area contributed by atoms with E-state index in [1.807, 2.05) is 19.1 Å². The van der Waals surface area contributed by atoms with Gasteiger partial charge in [0, 0.05) is 12.8 Å². The third-order valence-electron chi connectivity index (χ3n) is 9.32. The van der Waals surface area contributed by atoms with Crippen molar-refractivity contribution in [1.29, 1.82) is 0 Å². The number of aliphatic hydroxyl groups excluding tert-OH is 3. The van der Waals surface area contributed by atoms with E-state index in [-0.39, 0.29) is 25.7 Å². The van der Waals surface area contributed by atoms with Gasteiger partial charge in [0.05, 0.1) is 24.9 Å². The first-order valence-electron chi connectivity index (χ1n) is 21.8. The topological polar surface area (TPSA) is 180 Å². The number of unbranched alkanes of at least 4 members (excludes halogenated alkanes) is 15. The van der Waals surface area contributed by atoms with Crippen LogP contribution in [0.4, 0.5) is 0 Å². The summed E-state index contributed by atoms with van der Waals surface area (Å²) in [5, 5.41) is 30.3. The zero-order valence-corrected chi connectivity index (χ0v) is 36.4. The Morgan fingerprint density at radius 1 is 0.596 bits per heavy atom. The van der Waals surface area contributed by atoms with E-state index in [1.165, 1.54) is 89.5 Å². The second-order valence-electron chi connectivity index (χ2n) is 15.3. The van der Waals surface area contributed by atoms with Gasteiger partial charge in [-0.1, -0.05) is 184 Å². The van der Waals surface area contributed by atoms with Gasteiger partial charge in [-0.3, -0.25) is 14.1 Å². The van der Waals surface area contributed by atoms with Crippen molar-refractivity contribution in [3.8, 4) is 0 Å². The lowest BCUT2D eigenvalue weighted by molar-refractivity contribution is -0.161. The molecule has 12 heteroatoms. The van der Waals surface area contributed by atoms with Crippen LogP contribution in [0.1, 0.15) is 168 Å². The van der Waals surface area contributed by atoms with Crippen molar-refractivity contribution < 1.29 is 53.3 Å². The number of phosphoric ester groups is 1. The largest absolute Gasteiger partial charge is 0.469 e. The summed E-state index contributed by atoms with van der Waals surface area (Å²) in [6.45, 7) is 5.56. The molecule has 0 saturated heterocycles. The number of esters is 2. The summed E-state index contributed by atoms with van der Waals surface area (Å²) in [5.41, 5.74) is 0. The maximum Gasteiger partial charge on any atom is 0.469 e. The molecule has 0 unspecified atom stereocenters. The Labute approximate surface area is 345 Å². The van der Waals surface area contributed by atoms with Crippen molar-refractivity contribution >= 4 is 19.8 Å². The highest BCUT2D eigenvalue weighted by atomic mass is 31.2. The van der Waals surface area contributed by atoms with Crippen molar-refractivity contribution in [2.75, 3.05) is 13.2 Å². The van der Waals surface area contributed by atoms with Crippen LogP contribution >= 0.6 is 7.82 Å². The first kappa shape index (κ1) is 54.6. The number of carbonyl (C=O) groups excluding carboxylic acids is 2. The van der Waals surface area contributed by atoms with Gasteiger partial charge in [-0.2, -0.15) is 0 Å². The van der Waals surface area contributed by atoms with Gasteiger partial charge in [-0.25, -0.2) is 4.57 Å². The van der Waals surface area contributed by atoms with E-state index in [4.69, 9.17) is 19.3 Å². The molecule has 0 aromatic heterocycles. The lowest BCUT2D eigenvalue weighted by Gasteiger charge is -2.19. The lowest BCUT2D eigenvalue weighted by Crippen LogP contribution is -2.29. The van der Waals surface area contributed by atoms with Crippen molar-refractivity contribution in [2.45, 2.75) is 193 Å². The van der Waals surface area contributed by atoms with Gasteiger partial charge in [-0.05, 0) is 38.0 Å². The molecule has 0 bridgehead atoms. The van der Waals surface area contributed by atoms with Crippen molar-refractivity contribution in [3.05, 3.63) is 60.8 Å². The van der Waals surface area contributed by atoms with Gasteiger partial charge in [0.1, 0.15) is 6.61 Å². The maximum atomic E-state index is 12.4. The van der Waals surface area contributed by atoms with Gasteiger partial charge in [-0.15, -0.1) is 0 Å². The van der Waals surface area contributed by atoms with Crippen LogP contribution in [0, 0.1) is 5.92 Å². The molecule has 0 rings (SSSR count). The second-order valence-corrected chi connectivity index (χ2v) is 16.6. The molecule has 0 aliphatic heterocycles. The Hall–Kier alpha value is -2.37.